The first-order valence-corrected chi connectivity index (χ1v) is 8.82. The molecular weight excluding hydrogens is 310 g/mol. The maximum Gasteiger partial charge on any atom is 0.123 e. The number of aryl methyl sites for hydroxylation is 1. The molecule has 0 heterocycles. The Labute approximate surface area is 150 Å². The minimum absolute atomic E-state index is 0.135. The standard InChI is InChI=1S/C22H27NO2/c1-14(2)13-23(4)20-11-17-10-18(24)12-21(25)22(17)19(20)9-16-7-5-6-15(3)8-16/h5-8,10,12-13,19-20,24-25H,9,11H2,1-4H3/t19-,20+/m1/s1. The highest BCUT2D eigenvalue weighted by atomic mass is 16.3. The number of aromatic hydroxyl groups is 2. The van der Waals surface area contributed by atoms with Crippen molar-refractivity contribution in [1.29, 1.82) is 0 Å². The summed E-state index contributed by atoms with van der Waals surface area (Å²) >= 11 is 0. The first-order chi connectivity index (χ1) is 11.8. The Balaban J connectivity index is 2.01. The zero-order valence-corrected chi connectivity index (χ0v) is 15.5. The van der Waals surface area contributed by atoms with Crippen LogP contribution in [0.15, 0.2) is 48.2 Å². The number of phenols is 2. The highest BCUT2D eigenvalue weighted by Crippen LogP contribution is 2.44. The second-order valence-corrected chi connectivity index (χ2v) is 7.48. The fraction of sp³-hybridized carbons (Fsp3) is 0.364. The Kier molecular flexibility index (Phi) is 4.76. The summed E-state index contributed by atoms with van der Waals surface area (Å²) < 4.78 is 0. The molecule has 2 aromatic rings. The summed E-state index contributed by atoms with van der Waals surface area (Å²) in [6.07, 6.45) is 3.86. The van der Waals surface area contributed by atoms with Crippen molar-refractivity contribution >= 4 is 0 Å². The molecule has 2 aromatic carbocycles. The smallest absolute Gasteiger partial charge is 0.123 e. The van der Waals surface area contributed by atoms with Crippen molar-refractivity contribution in [2.75, 3.05) is 7.05 Å². The Morgan fingerprint density at radius 3 is 2.64 bits per heavy atom. The number of phenolic OH excluding ortho intramolecular Hbond substituents is 2. The lowest BCUT2D eigenvalue weighted by molar-refractivity contribution is 0.292. The van der Waals surface area contributed by atoms with Gasteiger partial charge in [0.05, 0.1) is 0 Å². The second kappa shape index (κ2) is 6.83. The Hall–Kier alpha value is -2.42. The van der Waals surface area contributed by atoms with Crippen molar-refractivity contribution in [2.24, 2.45) is 0 Å². The molecular formula is C22H27NO2. The van der Waals surface area contributed by atoms with Crippen LogP contribution < -0.4 is 0 Å². The van der Waals surface area contributed by atoms with Crippen molar-refractivity contribution in [3.05, 3.63) is 70.4 Å². The molecule has 0 unspecified atom stereocenters. The maximum atomic E-state index is 10.5. The van der Waals surface area contributed by atoms with Crippen LogP contribution in [0.3, 0.4) is 0 Å². The first kappa shape index (κ1) is 17.4. The van der Waals surface area contributed by atoms with E-state index in [1.807, 2.05) is 0 Å². The molecule has 25 heavy (non-hydrogen) atoms. The molecule has 1 aliphatic carbocycles. The lowest BCUT2D eigenvalue weighted by Gasteiger charge is -2.30. The van der Waals surface area contributed by atoms with E-state index >= 15 is 0 Å². The molecule has 2 atom stereocenters. The summed E-state index contributed by atoms with van der Waals surface area (Å²) in [4.78, 5) is 2.26. The zero-order valence-electron chi connectivity index (χ0n) is 15.5. The van der Waals surface area contributed by atoms with E-state index in [4.69, 9.17) is 0 Å². The maximum absolute atomic E-state index is 10.5. The van der Waals surface area contributed by atoms with Crippen molar-refractivity contribution in [3.8, 4) is 11.5 Å². The van der Waals surface area contributed by atoms with E-state index in [0.717, 1.165) is 24.0 Å². The normalized spacial score (nSPS) is 18.7. The molecule has 0 amide bonds. The van der Waals surface area contributed by atoms with Crippen LogP contribution in [0.1, 0.15) is 42.0 Å². The van der Waals surface area contributed by atoms with Crippen LogP contribution >= 0.6 is 0 Å². The molecule has 0 saturated heterocycles. The van der Waals surface area contributed by atoms with Gasteiger partial charge in [0.15, 0.2) is 0 Å². The van der Waals surface area contributed by atoms with Gasteiger partial charge in [-0.3, -0.25) is 0 Å². The van der Waals surface area contributed by atoms with Gasteiger partial charge in [0.2, 0.25) is 0 Å². The number of rotatable bonds is 4. The largest absolute Gasteiger partial charge is 0.508 e. The molecule has 0 aromatic heterocycles. The van der Waals surface area contributed by atoms with Gasteiger partial charge in [-0.05, 0) is 57.0 Å². The molecule has 0 spiro atoms. The van der Waals surface area contributed by atoms with Gasteiger partial charge < -0.3 is 15.1 Å². The van der Waals surface area contributed by atoms with E-state index in [0.29, 0.717) is 0 Å². The molecule has 0 aliphatic heterocycles. The number of likely N-dealkylation sites (N-methyl/N-ethyl adjacent to an activating group) is 1. The summed E-state index contributed by atoms with van der Waals surface area (Å²) in [5.41, 5.74) is 5.81. The summed E-state index contributed by atoms with van der Waals surface area (Å²) in [5.74, 6) is 0.537. The first-order valence-electron chi connectivity index (χ1n) is 8.82. The molecule has 0 bridgehead atoms. The van der Waals surface area contributed by atoms with Crippen molar-refractivity contribution in [2.45, 2.75) is 45.6 Å². The quantitative estimate of drug-likeness (QED) is 0.862. The van der Waals surface area contributed by atoms with Gasteiger partial charge in [-0.15, -0.1) is 0 Å². The third-order valence-corrected chi connectivity index (χ3v) is 5.02. The highest BCUT2D eigenvalue weighted by molar-refractivity contribution is 5.52. The molecule has 3 heteroatoms. The Bertz CT molecular complexity index is 806. The predicted molar refractivity (Wildman–Crippen MR) is 102 cm³/mol. The third kappa shape index (κ3) is 3.65. The number of allylic oxidation sites excluding steroid dienone is 1. The summed E-state index contributed by atoms with van der Waals surface area (Å²) in [6.45, 7) is 6.29. The third-order valence-electron chi connectivity index (χ3n) is 5.02. The van der Waals surface area contributed by atoms with Crippen molar-refractivity contribution < 1.29 is 10.2 Å². The topological polar surface area (TPSA) is 43.7 Å². The molecule has 1 aliphatic rings. The molecule has 2 N–H and O–H groups in total. The van der Waals surface area contributed by atoms with Crippen LogP contribution in [0.4, 0.5) is 0 Å². The van der Waals surface area contributed by atoms with Crippen LogP contribution in [-0.2, 0) is 12.8 Å². The predicted octanol–water partition coefficient (Wildman–Crippen LogP) is 4.51. The molecule has 0 saturated carbocycles. The van der Waals surface area contributed by atoms with Gasteiger partial charge >= 0.3 is 0 Å². The number of benzene rings is 2. The number of nitrogens with zero attached hydrogens (tertiary/aromatic N) is 1. The molecule has 0 fully saturated rings. The Morgan fingerprint density at radius 2 is 1.96 bits per heavy atom. The molecule has 132 valence electrons. The lowest BCUT2D eigenvalue weighted by Crippen LogP contribution is -2.32. The van der Waals surface area contributed by atoms with E-state index in [9.17, 15) is 10.2 Å². The van der Waals surface area contributed by atoms with Gasteiger partial charge in [-0.2, -0.15) is 0 Å². The lowest BCUT2D eigenvalue weighted by atomic mass is 9.89. The van der Waals surface area contributed by atoms with Crippen LogP contribution in [0, 0.1) is 6.92 Å². The van der Waals surface area contributed by atoms with E-state index in [2.05, 4.69) is 63.2 Å². The number of hydrogen-bond donors (Lipinski definition) is 2. The minimum atomic E-state index is 0.135. The van der Waals surface area contributed by atoms with E-state index in [1.165, 1.54) is 22.8 Å². The Morgan fingerprint density at radius 1 is 1.20 bits per heavy atom. The van der Waals surface area contributed by atoms with Gasteiger partial charge in [0, 0.05) is 30.6 Å². The fourth-order valence-corrected chi connectivity index (χ4v) is 4.10. The van der Waals surface area contributed by atoms with Crippen LogP contribution in [-0.4, -0.2) is 28.2 Å². The van der Waals surface area contributed by atoms with Crippen LogP contribution in [0.5, 0.6) is 11.5 Å². The average molecular weight is 337 g/mol. The van der Waals surface area contributed by atoms with Crippen LogP contribution in [0.25, 0.3) is 0 Å². The van der Waals surface area contributed by atoms with E-state index in [-0.39, 0.29) is 23.5 Å². The second-order valence-electron chi connectivity index (χ2n) is 7.48. The van der Waals surface area contributed by atoms with E-state index in [1.54, 1.807) is 6.07 Å². The summed E-state index contributed by atoms with van der Waals surface area (Å²) in [7, 11) is 2.10. The molecule has 3 rings (SSSR count). The highest BCUT2D eigenvalue weighted by Gasteiger charge is 2.37. The fourth-order valence-electron chi connectivity index (χ4n) is 4.10. The summed E-state index contributed by atoms with van der Waals surface area (Å²) in [6, 6.07) is 12.1. The summed E-state index contributed by atoms with van der Waals surface area (Å²) in [5, 5.41) is 20.4. The molecule has 0 radical (unpaired) electrons. The van der Waals surface area contributed by atoms with E-state index < -0.39 is 0 Å². The SMILES string of the molecule is CC(C)=CN(C)[C@H]1Cc2cc(O)cc(O)c2[C@@H]1Cc1cccc(C)c1. The van der Waals surface area contributed by atoms with Crippen LogP contribution in [0.2, 0.25) is 0 Å². The monoisotopic (exact) mass is 337 g/mol. The minimum Gasteiger partial charge on any atom is -0.508 e. The number of hydrogen-bond acceptors (Lipinski definition) is 3. The molecule has 3 nitrogen and oxygen atoms in total. The zero-order chi connectivity index (χ0) is 18.1. The van der Waals surface area contributed by atoms with Gasteiger partial charge in [0.25, 0.3) is 0 Å². The van der Waals surface area contributed by atoms with Crippen molar-refractivity contribution in [1.82, 2.24) is 4.90 Å². The van der Waals surface area contributed by atoms with Crippen molar-refractivity contribution in [3.63, 3.8) is 0 Å². The van der Waals surface area contributed by atoms with Gasteiger partial charge in [0.1, 0.15) is 11.5 Å². The number of fused-ring (bicyclic) bond motifs is 1. The van der Waals surface area contributed by atoms with Gasteiger partial charge in [-0.1, -0.05) is 35.4 Å². The average Bonchev–Trinajstić information content (AvgIpc) is 2.85. The van der Waals surface area contributed by atoms with Gasteiger partial charge in [-0.25, -0.2) is 0 Å².